The van der Waals surface area contributed by atoms with Crippen LogP contribution < -0.4 is 5.32 Å². The monoisotopic (exact) mass is 247 g/mol. The Labute approximate surface area is 95.5 Å². The third-order valence-corrected chi connectivity index (χ3v) is 4.57. The average Bonchev–Trinajstić information content (AvgIpc) is 2.37. The third-order valence-electron chi connectivity index (χ3n) is 2.67. The predicted molar refractivity (Wildman–Crippen MR) is 61.1 cm³/mol. The van der Waals surface area contributed by atoms with Gasteiger partial charge in [0.1, 0.15) is 0 Å². The molecule has 16 heavy (non-hydrogen) atoms. The van der Waals surface area contributed by atoms with Crippen LogP contribution in [-0.2, 0) is 14.6 Å². The Bertz CT molecular complexity index is 413. The van der Waals surface area contributed by atoms with Gasteiger partial charge in [0.05, 0.1) is 11.5 Å². The maximum Gasteiger partial charge on any atom is 0.328 e. The molecule has 1 heterocycles. The van der Waals surface area contributed by atoms with E-state index in [-0.39, 0.29) is 11.5 Å². The van der Waals surface area contributed by atoms with Crippen LogP contribution in [0.5, 0.6) is 0 Å². The fourth-order valence-electron chi connectivity index (χ4n) is 1.76. The third kappa shape index (κ3) is 3.94. The van der Waals surface area contributed by atoms with Gasteiger partial charge in [-0.05, 0) is 20.3 Å². The van der Waals surface area contributed by atoms with Crippen molar-refractivity contribution in [3.8, 4) is 0 Å². The molecule has 0 aromatic heterocycles. The van der Waals surface area contributed by atoms with E-state index in [1.54, 1.807) is 6.92 Å². The second-order valence-electron chi connectivity index (χ2n) is 4.59. The number of carboxylic acid groups (broad SMARTS) is 1. The first-order valence-corrected chi connectivity index (χ1v) is 6.90. The molecule has 0 aliphatic carbocycles. The summed E-state index contributed by atoms with van der Waals surface area (Å²) in [5.74, 6) is -0.651. The topological polar surface area (TPSA) is 83.5 Å². The van der Waals surface area contributed by atoms with Crippen molar-refractivity contribution in [3.63, 3.8) is 0 Å². The molecule has 0 radical (unpaired) electrons. The van der Waals surface area contributed by atoms with Crippen LogP contribution in [0.1, 0.15) is 20.3 Å². The highest BCUT2D eigenvalue weighted by Gasteiger charge is 2.37. The highest BCUT2D eigenvalue weighted by molar-refractivity contribution is 7.91. The van der Waals surface area contributed by atoms with Gasteiger partial charge in [-0.3, -0.25) is 0 Å². The molecule has 1 aliphatic heterocycles. The first-order valence-electron chi connectivity index (χ1n) is 5.08. The summed E-state index contributed by atoms with van der Waals surface area (Å²) in [7, 11) is -2.92. The van der Waals surface area contributed by atoms with Crippen molar-refractivity contribution in [2.24, 2.45) is 0 Å². The van der Waals surface area contributed by atoms with Crippen molar-refractivity contribution in [2.75, 3.05) is 18.1 Å². The Hall–Kier alpha value is -0.880. The maximum absolute atomic E-state index is 11.3. The number of carbonyl (C=O) groups is 1. The Kier molecular flexibility index (Phi) is 3.75. The van der Waals surface area contributed by atoms with Crippen LogP contribution in [-0.4, -0.2) is 43.1 Å². The van der Waals surface area contributed by atoms with Crippen molar-refractivity contribution in [1.29, 1.82) is 0 Å². The van der Waals surface area contributed by atoms with Gasteiger partial charge in [-0.1, -0.05) is 5.57 Å². The van der Waals surface area contributed by atoms with Crippen molar-refractivity contribution < 1.29 is 18.3 Å². The lowest BCUT2D eigenvalue weighted by molar-refractivity contribution is -0.131. The Morgan fingerprint density at radius 2 is 2.19 bits per heavy atom. The van der Waals surface area contributed by atoms with Gasteiger partial charge in [0.25, 0.3) is 0 Å². The molecular weight excluding hydrogens is 230 g/mol. The van der Waals surface area contributed by atoms with Crippen LogP contribution >= 0.6 is 0 Å². The molecule has 0 spiro atoms. The average molecular weight is 247 g/mol. The van der Waals surface area contributed by atoms with Crippen LogP contribution in [0.2, 0.25) is 0 Å². The van der Waals surface area contributed by atoms with Crippen molar-refractivity contribution in [1.82, 2.24) is 5.32 Å². The summed E-state index contributed by atoms with van der Waals surface area (Å²) in [5, 5.41) is 11.6. The molecular formula is C10H17NO4S. The number of nitrogens with one attached hydrogen (secondary N) is 1. The smallest absolute Gasteiger partial charge is 0.328 e. The molecule has 1 saturated heterocycles. The molecule has 0 bridgehead atoms. The molecule has 1 unspecified atom stereocenters. The van der Waals surface area contributed by atoms with E-state index < -0.39 is 21.3 Å². The number of hydrogen-bond acceptors (Lipinski definition) is 4. The summed E-state index contributed by atoms with van der Waals surface area (Å²) in [6, 6.07) is 0. The van der Waals surface area contributed by atoms with Crippen molar-refractivity contribution in [2.45, 2.75) is 25.8 Å². The molecule has 5 nitrogen and oxygen atoms in total. The minimum atomic E-state index is -2.92. The largest absolute Gasteiger partial charge is 0.478 e. The minimum absolute atomic E-state index is 0.125. The Balaban J connectivity index is 2.54. The first-order chi connectivity index (χ1) is 7.22. The molecule has 0 saturated carbocycles. The number of hydrogen-bond donors (Lipinski definition) is 2. The number of sulfone groups is 1. The normalized spacial score (nSPS) is 29.2. The van der Waals surface area contributed by atoms with Crippen LogP contribution in [0.3, 0.4) is 0 Å². The molecule has 1 atom stereocenters. The van der Waals surface area contributed by atoms with Crippen molar-refractivity contribution >= 4 is 15.8 Å². The second-order valence-corrected chi connectivity index (χ2v) is 6.77. The Morgan fingerprint density at radius 1 is 1.56 bits per heavy atom. The van der Waals surface area contributed by atoms with Gasteiger partial charge >= 0.3 is 5.97 Å². The van der Waals surface area contributed by atoms with Crippen molar-refractivity contribution in [3.05, 3.63) is 11.6 Å². The highest BCUT2D eigenvalue weighted by atomic mass is 32.2. The van der Waals surface area contributed by atoms with Crippen LogP contribution in [0.25, 0.3) is 0 Å². The molecule has 1 rings (SSSR count). The zero-order chi connectivity index (χ0) is 12.4. The molecule has 1 fully saturated rings. The zero-order valence-electron chi connectivity index (χ0n) is 9.49. The summed E-state index contributed by atoms with van der Waals surface area (Å²) >= 11 is 0. The van der Waals surface area contributed by atoms with E-state index in [0.717, 1.165) is 6.08 Å². The van der Waals surface area contributed by atoms with Crippen LogP contribution in [0.4, 0.5) is 0 Å². The summed E-state index contributed by atoms with van der Waals surface area (Å²) in [4.78, 5) is 10.4. The van der Waals surface area contributed by atoms with Gasteiger partial charge in [-0.2, -0.15) is 0 Å². The molecule has 92 valence electrons. The predicted octanol–water partition coefficient (Wildman–Crippen LogP) is 0.184. The van der Waals surface area contributed by atoms with E-state index in [4.69, 9.17) is 5.11 Å². The van der Waals surface area contributed by atoms with Crippen LogP contribution in [0.15, 0.2) is 11.6 Å². The number of rotatable bonds is 4. The van der Waals surface area contributed by atoms with Gasteiger partial charge in [0, 0.05) is 18.2 Å². The van der Waals surface area contributed by atoms with Gasteiger partial charge < -0.3 is 10.4 Å². The summed E-state index contributed by atoms with van der Waals surface area (Å²) in [5.41, 5.74) is 0.255. The van der Waals surface area contributed by atoms with Gasteiger partial charge in [0.2, 0.25) is 0 Å². The second kappa shape index (κ2) is 4.55. The summed E-state index contributed by atoms with van der Waals surface area (Å²) < 4.78 is 22.6. The molecule has 0 aromatic rings. The molecule has 0 amide bonds. The van der Waals surface area contributed by atoms with E-state index in [2.05, 4.69) is 5.32 Å². The fourth-order valence-corrected chi connectivity index (χ4v) is 3.89. The zero-order valence-corrected chi connectivity index (χ0v) is 10.3. The highest BCUT2D eigenvalue weighted by Crippen LogP contribution is 2.22. The van der Waals surface area contributed by atoms with E-state index in [1.165, 1.54) is 0 Å². The van der Waals surface area contributed by atoms with Gasteiger partial charge in [-0.25, -0.2) is 13.2 Å². The van der Waals surface area contributed by atoms with E-state index >= 15 is 0 Å². The Morgan fingerprint density at radius 3 is 2.62 bits per heavy atom. The molecule has 1 aliphatic rings. The first kappa shape index (κ1) is 13.2. The molecule has 0 aromatic carbocycles. The van der Waals surface area contributed by atoms with Gasteiger partial charge in [0.15, 0.2) is 9.84 Å². The maximum atomic E-state index is 11.3. The fraction of sp³-hybridized carbons (Fsp3) is 0.700. The summed E-state index contributed by atoms with van der Waals surface area (Å²) in [6.45, 7) is 3.96. The number of carboxylic acids is 1. The number of aliphatic carboxylic acids is 1. The van der Waals surface area contributed by atoms with Crippen LogP contribution in [0, 0.1) is 0 Å². The van der Waals surface area contributed by atoms with E-state index in [0.29, 0.717) is 18.5 Å². The SMILES string of the molecule is CC(=CC(=O)O)CNC1(C)CCS(=O)(=O)C1. The lowest BCUT2D eigenvalue weighted by atomic mass is 10.0. The minimum Gasteiger partial charge on any atom is -0.478 e. The van der Waals surface area contributed by atoms with E-state index in [9.17, 15) is 13.2 Å². The quantitative estimate of drug-likeness (QED) is 0.693. The molecule has 2 N–H and O–H groups in total. The lowest BCUT2D eigenvalue weighted by Gasteiger charge is -2.24. The standard InChI is InChI=1S/C10H17NO4S/c1-8(5-9(12)13)6-11-10(2)3-4-16(14,15)7-10/h5,11H,3-4,6-7H2,1-2H3,(H,12,13). The van der Waals surface area contributed by atoms with E-state index in [1.807, 2.05) is 6.92 Å². The summed E-state index contributed by atoms with van der Waals surface area (Å²) in [6.07, 6.45) is 1.70. The van der Waals surface area contributed by atoms with Gasteiger partial charge in [-0.15, -0.1) is 0 Å². The molecule has 6 heteroatoms. The lowest BCUT2D eigenvalue weighted by Crippen LogP contribution is -2.44.